The van der Waals surface area contributed by atoms with Crippen LogP contribution >= 0.6 is 0 Å². The molecule has 23 heavy (non-hydrogen) atoms. The van der Waals surface area contributed by atoms with Crippen molar-refractivity contribution < 1.29 is 0 Å². The molecule has 0 saturated heterocycles. The van der Waals surface area contributed by atoms with Gasteiger partial charge in [-0.25, -0.2) is 5.01 Å². The summed E-state index contributed by atoms with van der Waals surface area (Å²) in [4.78, 5) is 0. The molecule has 0 aromatic rings. The number of nitrogens with zero attached hydrogens (tertiary/aromatic N) is 1. The molecular weight excluding hydrogens is 280 g/mol. The fourth-order valence-corrected chi connectivity index (χ4v) is 2.82. The maximum Gasteiger partial charge on any atom is 0.0306 e. The van der Waals surface area contributed by atoms with E-state index in [1.54, 1.807) is 0 Å². The van der Waals surface area contributed by atoms with Gasteiger partial charge in [-0.2, -0.15) is 0 Å². The van der Waals surface area contributed by atoms with Crippen molar-refractivity contribution in [3.05, 3.63) is 24.8 Å². The standard InChI is InChI=1S/C21H42N2/c1-3-5-6-7-8-9-10-11-12-13-14-15-16-17-18-19-21-23(22)20-4-2/h4,11-12H,2-3,5-10,13-22H2,1H3/b12-11-. The molecule has 0 aromatic heterocycles. The Labute approximate surface area is 146 Å². The van der Waals surface area contributed by atoms with Gasteiger partial charge < -0.3 is 0 Å². The van der Waals surface area contributed by atoms with Crippen molar-refractivity contribution in [2.24, 2.45) is 5.84 Å². The van der Waals surface area contributed by atoms with Crippen LogP contribution in [0.15, 0.2) is 24.8 Å². The molecule has 0 unspecified atom stereocenters. The molecule has 0 saturated carbocycles. The Kier molecular flexibility index (Phi) is 18.9. The molecule has 0 bridgehead atoms. The monoisotopic (exact) mass is 322 g/mol. The van der Waals surface area contributed by atoms with E-state index in [4.69, 9.17) is 5.84 Å². The summed E-state index contributed by atoms with van der Waals surface area (Å²) in [6, 6.07) is 0. The number of rotatable bonds is 18. The fraction of sp³-hybridized carbons (Fsp3) is 0.810. The first kappa shape index (κ1) is 22.4. The maximum atomic E-state index is 5.80. The number of hydrogen-bond acceptors (Lipinski definition) is 2. The maximum absolute atomic E-state index is 5.80. The van der Waals surface area contributed by atoms with E-state index in [1.807, 2.05) is 11.1 Å². The minimum absolute atomic E-state index is 0.797. The van der Waals surface area contributed by atoms with Crippen LogP contribution in [0.25, 0.3) is 0 Å². The average molecular weight is 323 g/mol. The van der Waals surface area contributed by atoms with Crippen LogP contribution < -0.4 is 5.84 Å². The molecule has 0 aliphatic carbocycles. The molecule has 2 N–H and O–H groups in total. The van der Waals surface area contributed by atoms with Gasteiger partial charge in [-0.05, 0) is 32.1 Å². The van der Waals surface area contributed by atoms with Gasteiger partial charge in [-0.1, -0.05) is 82.9 Å². The lowest BCUT2D eigenvalue weighted by Gasteiger charge is -2.13. The van der Waals surface area contributed by atoms with Crippen molar-refractivity contribution in [2.75, 3.05) is 13.1 Å². The second kappa shape index (κ2) is 19.4. The van der Waals surface area contributed by atoms with Crippen LogP contribution in [0.1, 0.15) is 96.8 Å². The molecular formula is C21H42N2. The third-order valence-corrected chi connectivity index (χ3v) is 4.32. The summed E-state index contributed by atoms with van der Waals surface area (Å²) in [6.07, 6.45) is 25.6. The summed E-state index contributed by atoms with van der Waals surface area (Å²) in [5.74, 6) is 5.80. The first-order valence-corrected chi connectivity index (χ1v) is 10.1. The van der Waals surface area contributed by atoms with E-state index >= 15 is 0 Å². The molecule has 0 atom stereocenters. The highest BCUT2D eigenvalue weighted by atomic mass is 15.4. The van der Waals surface area contributed by atoms with Crippen LogP contribution in [0.3, 0.4) is 0 Å². The largest absolute Gasteiger partial charge is 0.269 e. The summed E-state index contributed by atoms with van der Waals surface area (Å²) in [5.41, 5.74) is 0. The second-order valence-corrected chi connectivity index (χ2v) is 6.72. The number of nitrogens with two attached hydrogens (primary N) is 1. The molecule has 0 aromatic carbocycles. The van der Waals surface area contributed by atoms with Crippen molar-refractivity contribution in [3.63, 3.8) is 0 Å². The SMILES string of the molecule is C=CCN(N)CCCCCCCC/C=C\CCCCCCCC. The van der Waals surface area contributed by atoms with Crippen LogP contribution in [-0.2, 0) is 0 Å². The Bertz CT molecular complexity index is 261. The topological polar surface area (TPSA) is 29.3 Å². The highest BCUT2D eigenvalue weighted by molar-refractivity contribution is 4.81. The Morgan fingerprint density at radius 3 is 1.74 bits per heavy atom. The van der Waals surface area contributed by atoms with Crippen molar-refractivity contribution in [1.82, 2.24) is 5.01 Å². The van der Waals surface area contributed by atoms with Gasteiger partial charge in [0, 0.05) is 13.1 Å². The van der Waals surface area contributed by atoms with E-state index in [-0.39, 0.29) is 0 Å². The number of unbranched alkanes of at least 4 members (excludes halogenated alkanes) is 12. The number of allylic oxidation sites excluding steroid dienone is 2. The van der Waals surface area contributed by atoms with Gasteiger partial charge in [0.2, 0.25) is 0 Å². The zero-order chi connectivity index (χ0) is 17.0. The molecule has 0 fully saturated rings. The molecule has 0 aliphatic heterocycles. The molecule has 2 nitrogen and oxygen atoms in total. The van der Waals surface area contributed by atoms with Crippen LogP contribution in [0.4, 0.5) is 0 Å². The Balaban J connectivity index is 3.12. The van der Waals surface area contributed by atoms with E-state index in [0.29, 0.717) is 0 Å². The summed E-state index contributed by atoms with van der Waals surface area (Å²) < 4.78 is 0. The molecule has 0 amide bonds. The van der Waals surface area contributed by atoms with Crippen molar-refractivity contribution in [1.29, 1.82) is 0 Å². The van der Waals surface area contributed by atoms with Gasteiger partial charge in [-0.3, -0.25) is 5.84 Å². The minimum atomic E-state index is 0.797. The van der Waals surface area contributed by atoms with E-state index in [2.05, 4.69) is 25.7 Å². The lowest BCUT2D eigenvalue weighted by molar-refractivity contribution is 0.305. The van der Waals surface area contributed by atoms with E-state index in [9.17, 15) is 0 Å². The molecule has 0 aliphatic rings. The normalized spacial score (nSPS) is 11.6. The van der Waals surface area contributed by atoms with Gasteiger partial charge >= 0.3 is 0 Å². The predicted molar refractivity (Wildman–Crippen MR) is 105 cm³/mol. The third-order valence-electron chi connectivity index (χ3n) is 4.32. The molecule has 2 heteroatoms. The van der Waals surface area contributed by atoms with E-state index in [0.717, 1.165) is 13.1 Å². The summed E-state index contributed by atoms with van der Waals surface area (Å²) >= 11 is 0. The zero-order valence-corrected chi connectivity index (χ0v) is 15.8. The number of hydrazine groups is 1. The lowest BCUT2D eigenvalue weighted by Crippen LogP contribution is -2.31. The van der Waals surface area contributed by atoms with Gasteiger partial charge in [0.15, 0.2) is 0 Å². The quantitative estimate of drug-likeness (QED) is 0.137. The Morgan fingerprint density at radius 2 is 1.22 bits per heavy atom. The molecule has 0 rings (SSSR count). The Hall–Kier alpha value is -0.600. The molecule has 0 radical (unpaired) electrons. The van der Waals surface area contributed by atoms with Crippen molar-refractivity contribution >= 4 is 0 Å². The number of hydrogen-bond donors (Lipinski definition) is 1. The smallest absolute Gasteiger partial charge is 0.0306 e. The van der Waals surface area contributed by atoms with Gasteiger partial charge in [0.25, 0.3) is 0 Å². The third kappa shape index (κ3) is 19.4. The van der Waals surface area contributed by atoms with Gasteiger partial charge in [-0.15, -0.1) is 6.58 Å². The van der Waals surface area contributed by atoms with Crippen LogP contribution in [0, 0.1) is 0 Å². The summed E-state index contributed by atoms with van der Waals surface area (Å²) in [5, 5.41) is 1.85. The van der Waals surface area contributed by atoms with Crippen LogP contribution in [0.2, 0.25) is 0 Å². The minimum Gasteiger partial charge on any atom is -0.269 e. The van der Waals surface area contributed by atoms with Crippen LogP contribution in [-0.4, -0.2) is 18.1 Å². The van der Waals surface area contributed by atoms with Gasteiger partial charge in [0.05, 0.1) is 0 Å². The fourth-order valence-electron chi connectivity index (χ4n) is 2.82. The molecule has 0 spiro atoms. The summed E-state index contributed by atoms with van der Waals surface area (Å²) in [7, 11) is 0. The molecule has 0 heterocycles. The lowest BCUT2D eigenvalue weighted by atomic mass is 10.1. The van der Waals surface area contributed by atoms with Gasteiger partial charge in [0.1, 0.15) is 0 Å². The van der Waals surface area contributed by atoms with Crippen molar-refractivity contribution in [2.45, 2.75) is 96.8 Å². The first-order valence-electron chi connectivity index (χ1n) is 10.1. The van der Waals surface area contributed by atoms with E-state index < -0.39 is 0 Å². The van der Waals surface area contributed by atoms with Crippen molar-refractivity contribution in [3.8, 4) is 0 Å². The highest BCUT2D eigenvalue weighted by Gasteiger charge is 1.95. The summed E-state index contributed by atoms with van der Waals surface area (Å²) in [6.45, 7) is 7.77. The van der Waals surface area contributed by atoms with Crippen LogP contribution in [0.5, 0.6) is 0 Å². The molecule has 136 valence electrons. The van der Waals surface area contributed by atoms with E-state index in [1.165, 1.54) is 89.9 Å². The first-order chi connectivity index (χ1) is 11.3. The predicted octanol–water partition coefficient (Wildman–Crippen LogP) is 6.39. The Morgan fingerprint density at radius 1 is 0.739 bits per heavy atom. The zero-order valence-electron chi connectivity index (χ0n) is 15.8. The highest BCUT2D eigenvalue weighted by Crippen LogP contribution is 2.10. The second-order valence-electron chi connectivity index (χ2n) is 6.72. The average Bonchev–Trinajstić information content (AvgIpc) is 2.54.